The number of rotatable bonds is 9. The van der Waals surface area contributed by atoms with Crippen molar-refractivity contribution in [3.8, 4) is 5.75 Å². The summed E-state index contributed by atoms with van der Waals surface area (Å²) in [6.45, 7) is 2.43. The van der Waals surface area contributed by atoms with Crippen LogP contribution >= 0.6 is 23.4 Å². The number of hydrogen-bond acceptors (Lipinski definition) is 5. The summed E-state index contributed by atoms with van der Waals surface area (Å²) in [7, 11) is 1.72. The first-order chi connectivity index (χ1) is 15.4. The summed E-state index contributed by atoms with van der Waals surface area (Å²) in [5.41, 5.74) is 0.748. The lowest BCUT2D eigenvalue weighted by atomic mass is 10.2. The molecule has 0 N–H and O–H groups in total. The average molecular weight is 475 g/mol. The quantitative estimate of drug-likeness (QED) is 0.403. The molecule has 0 aliphatic heterocycles. The number of para-hydroxylation sites is 1. The number of nitrogens with zero attached hydrogens (tertiary/aromatic N) is 4. The molecule has 1 fully saturated rings. The molecule has 3 aromatic rings. The zero-order valence-corrected chi connectivity index (χ0v) is 19.4. The lowest BCUT2D eigenvalue weighted by Crippen LogP contribution is -2.33. The van der Waals surface area contributed by atoms with Gasteiger partial charge in [0.1, 0.15) is 18.2 Å². The largest absolute Gasteiger partial charge is 0.484 e. The van der Waals surface area contributed by atoms with Crippen LogP contribution in [-0.4, -0.2) is 37.9 Å². The Hall–Kier alpha value is -2.58. The summed E-state index contributed by atoms with van der Waals surface area (Å²) in [4.78, 5) is 14.5. The van der Waals surface area contributed by atoms with Crippen molar-refractivity contribution in [1.29, 1.82) is 0 Å². The van der Waals surface area contributed by atoms with E-state index in [1.165, 1.54) is 23.9 Å². The fraction of sp³-hybridized carbons (Fsp3) is 0.348. The molecule has 32 heavy (non-hydrogen) atoms. The highest BCUT2D eigenvalue weighted by molar-refractivity contribution is 8.00. The highest BCUT2D eigenvalue weighted by atomic mass is 35.5. The average Bonchev–Trinajstić information content (AvgIpc) is 3.53. The van der Waals surface area contributed by atoms with Crippen molar-refractivity contribution in [3.63, 3.8) is 0 Å². The van der Waals surface area contributed by atoms with E-state index >= 15 is 0 Å². The molecule has 168 valence electrons. The first kappa shape index (κ1) is 22.6. The van der Waals surface area contributed by atoms with E-state index in [1.807, 2.05) is 25.1 Å². The predicted octanol–water partition coefficient (Wildman–Crippen LogP) is 5.12. The molecule has 6 nitrogen and oxygen atoms in total. The molecular formula is C23H24ClFN4O2S. The summed E-state index contributed by atoms with van der Waals surface area (Å²) in [6, 6.07) is 13.9. The molecule has 1 aliphatic rings. The molecule has 1 atom stereocenters. The van der Waals surface area contributed by atoms with E-state index in [0.717, 1.165) is 18.4 Å². The van der Waals surface area contributed by atoms with Crippen LogP contribution in [0.1, 0.15) is 37.2 Å². The topological polar surface area (TPSA) is 60.3 Å². The summed E-state index contributed by atoms with van der Waals surface area (Å²) in [5.74, 6) is 0.937. The van der Waals surface area contributed by atoms with Crippen molar-refractivity contribution in [2.24, 2.45) is 0 Å². The van der Waals surface area contributed by atoms with E-state index in [0.29, 0.717) is 34.3 Å². The maximum atomic E-state index is 13.4. The Bertz CT molecular complexity index is 1110. The number of carbonyl (C=O) groups excluding carboxylic acids is 1. The third kappa shape index (κ3) is 5.42. The van der Waals surface area contributed by atoms with E-state index in [2.05, 4.69) is 14.8 Å². The number of benzene rings is 2. The molecule has 0 spiro atoms. The molecular weight excluding hydrogens is 451 g/mol. The van der Waals surface area contributed by atoms with Gasteiger partial charge in [0, 0.05) is 19.6 Å². The molecule has 1 unspecified atom stereocenters. The Labute approximate surface area is 195 Å². The van der Waals surface area contributed by atoms with E-state index in [9.17, 15) is 9.18 Å². The van der Waals surface area contributed by atoms with Crippen LogP contribution in [-0.2, 0) is 17.9 Å². The van der Waals surface area contributed by atoms with Gasteiger partial charge in [0.25, 0.3) is 0 Å². The van der Waals surface area contributed by atoms with Crippen LogP contribution in [0.3, 0.4) is 0 Å². The third-order valence-electron chi connectivity index (χ3n) is 5.16. The van der Waals surface area contributed by atoms with Gasteiger partial charge in [-0.1, -0.05) is 47.6 Å². The highest BCUT2D eigenvalue weighted by Crippen LogP contribution is 2.40. The molecule has 0 bridgehead atoms. The van der Waals surface area contributed by atoms with Gasteiger partial charge >= 0.3 is 0 Å². The van der Waals surface area contributed by atoms with Crippen molar-refractivity contribution in [1.82, 2.24) is 19.7 Å². The molecule has 0 saturated heterocycles. The van der Waals surface area contributed by atoms with Gasteiger partial charge in [-0.05, 0) is 49.6 Å². The molecule has 0 radical (unpaired) electrons. The van der Waals surface area contributed by atoms with E-state index in [1.54, 1.807) is 30.1 Å². The minimum atomic E-state index is -0.368. The number of carbonyl (C=O) groups is 1. The van der Waals surface area contributed by atoms with Gasteiger partial charge in [-0.15, -0.1) is 10.2 Å². The van der Waals surface area contributed by atoms with Crippen molar-refractivity contribution in [3.05, 3.63) is 70.8 Å². The molecule has 1 aromatic heterocycles. The standard InChI is InChI=1S/C23H24ClFN4O2S/c1-15(22(30)28(2)13-16-6-5-7-17(25)12-16)32-23-27-26-21(29(23)18-10-11-18)14-31-20-9-4-3-8-19(20)24/h3-9,12,15,18H,10-11,13-14H2,1-2H3. The Morgan fingerprint density at radius 3 is 2.78 bits per heavy atom. The van der Waals surface area contributed by atoms with Gasteiger partial charge in [0.2, 0.25) is 5.91 Å². The molecule has 1 amide bonds. The van der Waals surface area contributed by atoms with Crippen LogP contribution in [0, 0.1) is 5.82 Å². The van der Waals surface area contributed by atoms with E-state index in [-0.39, 0.29) is 23.6 Å². The van der Waals surface area contributed by atoms with Crippen LogP contribution in [0.15, 0.2) is 53.7 Å². The Kier molecular flexibility index (Phi) is 7.01. The third-order valence-corrected chi connectivity index (χ3v) is 6.51. The van der Waals surface area contributed by atoms with Crippen LogP contribution < -0.4 is 4.74 Å². The maximum absolute atomic E-state index is 13.4. The number of ether oxygens (including phenoxy) is 1. The van der Waals surface area contributed by atoms with E-state index in [4.69, 9.17) is 16.3 Å². The van der Waals surface area contributed by atoms with Gasteiger partial charge in [0.15, 0.2) is 11.0 Å². The van der Waals surface area contributed by atoms with Gasteiger partial charge in [-0.3, -0.25) is 9.36 Å². The van der Waals surface area contributed by atoms with Crippen molar-refractivity contribution >= 4 is 29.3 Å². The lowest BCUT2D eigenvalue weighted by Gasteiger charge is -2.21. The van der Waals surface area contributed by atoms with E-state index < -0.39 is 0 Å². The van der Waals surface area contributed by atoms with Gasteiger partial charge in [-0.25, -0.2) is 4.39 Å². The fourth-order valence-corrected chi connectivity index (χ4v) is 4.64. The number of halogens is 2. The zero-order valence-electron chi connectivity index (χ0n) is 17.9. The number of thioether (sulfide) groups is 1. The van der Waals surface area contributed by atoms with Crippen molar-refractivity contribution < 1.29 is 13.9 Å². The fourth-order valence-electron chi connectivity index (χ4n) is 3.40. The first-order valence-corrected chi connectivity index (χ1v) is 11.7. The van der Waals surface area contributed by atoms with Gasteiger partial charge < -0.3 is 9.64 Å². The second kappa shape index (κ2) is 9.92. The van der Waals surface area contributed by atoms with Crippen molar-refractivity contribution in [2.75, 3.05) is 7.05 Å². The summed E-state index contributed by atoms with van der Waals surface area (Å²) >= 11 is 7.55. The minimum absolute atomic E-state index is 0.0570. The van der Waals surface area contributed by atoms with Crippen molar-refractivity contribution in [2.45, 2.75) is 49.4 Å². The molecule has 1 heterocycles. The number of aromatic nitrogens is 3. The Morgan fingerprint density at radius 1 is 1.28 bits per heavy atom. The Morgan fingerprint density at radius 2 is 2.06 bits per heavy atom. The highest BCUT2D eigenvalue weighted by Gasteiger charge is 2.31. The number of hydrogen-bond donors (Lipinski definition) is 0. The molecule has 1 aliphatic carbocycles. The first-order valence-electron chi connectivity index (χ1n) is 10.4. The van der Waals surface area contributed by atoms with Crippen LogP contribution in [0.4, 0.5) is 4.39 Å². The zero-order chi connectivity index (χ0) is 22.7. The summed E-state index contributed by atoms with van der Waals surface area (Å²) < 4.78 is 21.4. The SMILES string of the molecule is CC(Sc1nnc(COc2ccccc2Cl)n1C1CC1)C(=O)N(C)Cc1cccc(F)c1. The van der Waals surface area contributed by atoms with Crippen LogP contribution in [0.25, 0.3) is 0 Å². The van der Waals surface area contributed by atoms with Crippen LogP contribution in [0.5, 0.6) is 5.75 Å². The minimum Gasteiger partial charge on any atom is -0.484 e. The predicted molar refractivity (Wildman–Crippen MR) is 122 cm³/mol. The molecule has 2 aromatic carbocycles. The maximum Gasteiger partial charge on any atom is 0.235 e. The second-order valence-corrected chi connectivity index (χ2v) is 9.52. The second-order valence-electron chi connectivity index (χ2n) is 7.80. The molecule has 9 heteroatoms. The molecule has 1 saturated carbocycles. The Balaban J connectivity index is 1.42. The molecule has 4 rings (SSSR count). The monoisotopic (exact) mass is 474 g/mol. The summed E-state index contributed by atoms with van der Waals surface area (Å²) in [5, 5.41) is 9.52. The van der Waals surface area contributed by atoms with Gasteiger partial charge in [0.05, 0.1) is 10.3 Å². The van der Waals surface area contributed by atoms with Gasteiger partial charge in [-0.2, -0.15) is 0 Å². The summed E-state index contributed by atoms with van der Waals surface area (Å²) in [6.07, 6.45) is 2.10. The lowest BCUT2D eigenvalue weighted by molar-refractivity contribution is -0.129. The number of amides is 1. The smallest absolute Gasteiger partial charge is 0.235 e. The normalized spacial score (nSPS) is 14.2. The van der Waals surface area contributed by atoms with Crippen LogP contribution in [0.2, 0.25) is 5.02 Å².